The fourth-order valence-corrected chi connectivity index (χ4v) is 2.26. The Morgan fingerprint density at radius 2 is 1.95 bits per heavy atom. The summed E-state index contributed by atoms with van der Waals surface area (Å²) < 4.78 is 4.95. The molecule has 0 bridgehead atoms. The van der Waals surface area contributed by atoms with Gasteiger partial charge in [-0.05, 0) is 17.2 Å². The first-order chi connectivity index (χ1) is 10.5. The highest BCUT2D eigenvalue weighted by atomic mass is 16.6. The molecule has 2 aromatic rings. The van der Waals surface area contributed by atoms with E-state index in [0.717, 1.165) is 5.56 Å². The van der Waals surface area contributed by atoms with E-state index >= 15 is 0 Å². The van der Waals surface area contributed by atoms with E-state index in [1.165, 1.54) is 19.2 Å². The van der Waals surface area contributed by atoms with E-state index < -0.39 is 17.1 Å². The van der Waals surface area contributed by atoms with Crippen LogP contribution in [0, 0.1) is 10.1 Å². The van der Waals surface area contributed by atoms with Crippen molar-refractivity contribution < 1.29 is 14.8 Å². The first-order valence-corrected chi connectivity index (χ1v) is 6.83. The fourth-order valence-electron chi connectivity index (χ4n) is 2.26. The zero-order valence-corrected chi connectivity index (χ0v) is 12.2. The molecule has 0 aromatic heterocycles. The van der Waals surface area contributed by atoms with Crippen molar-refractivity contribution in [3.05, 3.63) is 69.8 Å². The summed E-state index contributed by atoms with van der Waals surface area (Å²) in [5.74, 6) is 0.165. The summed E-state index contributed by atoms with van der Waals surface area (Å²) in [6.45, 7) is 0. The first-order valence-electron chi connectivity index (χ1n) is 6.83. The molecule has 6 heteroatoms. The monoisotopic (exact) mass is 302 g/mol. The molecule has 0 aliphatic carbocycles. The van der Waals surface area contributed by atoms with Gasteiger partial charge in [-0.1, -0.05) is 36.4 Å². The van der Waals surface area contributed by atoms with Gasteiger partial charge in [0.25, 0.3) is 0 Å². The van der Waals surface area contributed by atoms with Crippen LogP contribution in [-0.4, -0.2) is 23.2 Å². The predicted octanol–water partition coefficient (Wildman–Crippen LogP) is 2.21. The van der Waals surface area contributed by atoms with Crippen molar-refractivity contribution >= 4 is 5.69 Å². The van der Waals surface area contributed by atoms with Gasteiger partial charge in [-0.15, -0.1) is 0 Å². The maximum atomic E-state index is 11.0. The van der Waals surface area contributed by atoms with Gasteiger partial charge < -0.3 is 15.6 Å². The van der Waals surface area contributed by atoms with Crippen LogP contribution in [0.3, 0.4) is 0 Å². The van der Waals surface area contributed by atoms with Gasteiger partial charge in [-0.2, -0.15) is 0 Å². The van der Waals surface area contributed by atoms with E-state index in [9.17, 15) is 15.2 Å². The van der Waals surface area contributed by atoms with E-state index in [1.807, 2.05) is 30.3 Å². The minimum atomic E-state index is -0.838. The average Bonchev–Trinajstić information content (AvgIpc) is 2.54. The summed E-state index contributed by atoms with van der Waals surface area (Å²) in [5, 5.41) is 21.3. The van der Waals surface area contributed by atoms with Gasteiger partial charge in [0.05, 0.1) is 24.2 Å². The second kappa shape index (κ2) is 7.02. The Kier molecular flexibility index (Phi) is 5.08. The quantitative estimate of drug-likeness (QED) is 0.629. The number of hydrogen-bond acceptors (Lipinski definition) is 5. The average molecular weight is 302 g/mol. The van der Waals surface area contributed by atoms with E-state index in [0.29, 0.717) is 12.0 Å². The molecular formula is C16H18N2O4. The van der Waals surface area contributed by atoms with Crippen LogP contribution in [0.5, 0.6) is 5.75 Å². The molecule has 6 nitrogen and oxygen atoms in total. The van der Waals surface area contributed by atoms with Crippen molar-refractivity contribution in [2.75, 3.05) is 7.11 Å². The molecule has 0 aliphatic heterocycles. The summed E-state index contributed by atoms with van der Waals surface area (Å²) in [6.07, 6.45) is -0.461. The lowest BCUT2D eigenvalue weighted by Crippen LogP contribution is -2.28. The lowest BCUT2D eigenvalue weighted by Gasteiger charge is -2.19. The molecule has 0 radical (unpaired) electrons. The Morgan fingerprint density at radius 3 is 2.55 bits per heavy atom. The number of aliphatic hydroxyl groups excluding tert-OH is 1. The Balaban J connectivity index is 2.19. The van der Waals surface area contributed by atoms with E-state index in [-0.39, 0.29) is 11.4 Å². The normalized spacial score (nSPS) is 13.4. The maximum Gasteiger partial charge on any atom is 0.311 e. The smallest absolute Gasteiger partial charge is 0.311 e. The number of nitro groups is 1. The topological polar surface area (TPSA) is 98.6 Å². The lowest BCUT2D eigenvalue weighted by atomic mass is 9.96. The molecule has 0 fully saturated rings. The van der Waals surface area contributed by atoms with E-state index in [1.54, 1.807) is 6.07 Å². The van der Waals surface area contributed by atoms with Crippen LogP contribution in [0.1, 0.15) is 17.2 Å². The third-order valence-corrected chi connectivity index (χ3v) is 3.49. The summed E-state index contributed by atoms with van der Waals surface area (Å²) in [4.78, 5) is 10.5. The van der Waals surface area contributed by atoms with Gasteiger partial charge in [-0.3, -0.25) is 10.1 Å². The van der Waals surface area contributed by atoms with Crippen molar-refractivity contribution in [3.63, 3.8) is 0 Å². The lowest BCUT2D eigenvalue weighted by molar-refractivity contribution is -0.385. The van der Waals surface area contributed by atoms with Gasteiger partial charge in [0.15, 0.2) is 5.75 Å². The van der Waals surface area contributed by atoms with Crippen LogP contribution < -0.4 is 10.5 Å². The van der Waals surface area contributed by atoms with E-state index in [2.05, 4.69) is 0 Å². The van der Waals surface area contributed by atoms with Crippen molar-refractivity contribution in [2.24, 2.45) is 5.73 Å². The Morgan fingerprint density at radius 1 is 1.27 bits per heavy atom. The number of ether oxygens (including phenoxy) is 1. The number of hydrogen-bond donors (Lipinski definition) is 2. The molecule has 0 amide bonds. The molecule has 0 unspecified atom stereocenters. The molecule has 0 spiro atoms. The van der Waals surface area contributed by atoms with Crippen LogP contribution >= 0.6 is 0 Å². The zero-order valence-electron chi connectivity index (χ0n) is 12.2. The third kappa shape index (κ3) is 3.60. The molecule has 22 heavy (non-hydrogen) atoms. The van der Waals surface area contributed by atoms with Crippen LogP contribution in [0.15, 0.2) is 48.5 Å². The summed E-state index contributed by atoms with van der Waals surface area (Å²) in [6, 6.07) is 13.2. The highest BCUT2D eigenvalue weighted by Crippen LogP contribution is 2.30. The van der Waals surface area contributed by atoms with Crippen molar-refractivity contribution in [3.8, 4) is 5.75 Å². The fraction of sp³-hybridized carbons (Fsp3) is 0.250. The summed E-state index contributed by atoms with van der Waals surface area (Å²) in [7, 11) is 1.37. The molecule has 2 rings (SSSR count). The number of nitrogens with zero attached hydrogens (tertiary/aromatic N) is 1. The zero-order chi connectivity index (χ0) is 16.1. The molecule has 116 valence electrons. The number of aliphatic hydroxyl groups is 1. The summed E-state index contributed by atoms with van der Waals surface area (Å²) >= 11 is 0. The minimum absolute atomic E-state index is 0.164. The van der Waals surface area contributed by atoms with E-state index in [4.69, 9.17) is 10.5 Å². The predicted molar refractivity (Wildman–Crippen MR) is 82.7 cm³/mol. The molecule has 2 atom stereocenters. The van der Waals surface area contributed by atoms with Crippen molar-refractivity contribution in [1.82, 2.24) is 0 Å². The van der Waals surface area contributed by atoms with Crippen molar-refractivity contribution in [1.29, 1.82) is 0 Å². The maximum absolute atomic E-state index is 11.0. The number of rotatable bonds is 6. The van der Waals surface area contributed by atoms with Gasteiger partial charge in [0, 0.05) is 12.5 Å². The second-order valence-corrected chi connectivity index (χ2v) is 4.97. The highest BCUT2D eigenvalue weighted by Gasteiger charge is 2.22. The Bertz CT molecular complexity index is 646. The number of nitrogens with two attached hydrogens (primary N) is 1. The molecular weight excluding hydrogens is 284 g/mol. The highest BCUT2D eigenvalue weighted by molar-refractivity contribution is 5.49. The van der Waals surface area contributed by atoms with Crippen molar-refractivity contribution in [2.45, 2.75) is 18.6 Å². The molecule has 2 aromatic carbocycles. The van der Waals surface area contributed by atoms with Crippen LogP contribution in [-0.2, 0) is 6.42 Å². The molecule has 0 aliphatic rings. The first kappa shape index (κ1) is 15.9. The molecule has 0 heterocycles. The van der Waals surface area contributed by atoms with Gasteiger partial charge in [0.2, 0.25) is 0 Å². The minimum Gasteiger partial charge on any atom is -0.490 e. The molecule has 3 N–H and O–H groups in total. The number of methoxy groups -OCH3 is 1. The third-order valence-electron chi connectivity index (χ3n) is 3.49. The Labute approximate surface area is 128 Å². The Hall–Kier alpha value is -2.44. The molecule has 0 saturated heterocycles. The van der Waals surface area contributed by atoms with Crippen LogP contribution in [0.4, 0.5) is 5.69 Å². The SMILES string of the molecule is COc1ccc([C@@H](N)[C@@H](O)Cc2ccccc2)cc1[N+](=O)[O-]. The number of benzene rings is 2. The molecule has 0 saturated carbocycles. The number of nitro benzene ring substituents is 1. The van der Waals surface area contributed by atoms with Crippen LogP contribution in [0.25, 0.3) is 0 Å². The van der Waals surface area contributed by atoms with Gasteiger partial charge in [0.1, 0.15) is 0 Å². The second-order valence-electron chi connectivity index (χ2n) is 4.97. The standard InChI is InChI=1S/C16H18N2O4/c1-22-15-8-7-12(10-13(15)18(20)21)16(17)14(19)9-11-5-3-2-4-6-11/h2-8,10,14,16,19H,9,17H2,1H3/t14-,16+/m0/s1. The largest absolute Gasteiger partial charge is 0.490 e. The van der Waals surface area contributed by atoms with Crippen LogP contribution in [0.2, 0.25) is 0 Å². The van der Waals surface area contributed by atoms with Gasteiger partial charge >= 0.3 is 5.69 Å². The summed E-state index contributed by atoms with van der Waals surface area (Å²) in [5.41, 5.74) is 7.32. The van der Waals surface area contributed by atoms with Gasteiger partial charge in [-0.25, -0.2) is 0 Å².